The average Bonchev–Trinajstić information content (AvgIpc) is 2.76. The third kappa shape index (κ3) is 5.14. The summed E-state index contributed by atoms with van der Waals surface area (Å²) in [5, 5.41) is 2.88. The third-order valence-electron chi connectivity index (χ3n) is 5.21. The molecule has 0 radical (unpaired) electrons. The zero-order valence-corrected chi connectivity index (χ0v) is 17.4. The average molecular weight is 438 g/mol. The van der Waals surface area contributed by atoms with E-state index in [-0.39, 0.29) is 24.9 Å². The molecule has 9 heteroatoms. The number of amides is 1. The number of carbonyl (C=O) groups excluding carboxylic acids is 1. The molecule has 162 valence electrons. The van der Waals surface area contributed by atoms with Crippen LogP contribution in [-0.4, -0.2) is 45.4 Å². The number of sulfonamides is 1. The van der Waals surface area contributed by atoms with Crippen LogP contribution in [0.4, 0.5) is 8.78 Å². The predicted octanol–water partition coefficient (Wildman–Crippen LogP) is 2.73. The fraction of sp³-hybridized carbons (Fsp3) is 0.381. The predicted molar refractivity (Wildman–Crippen MR) is 108 cm³/mol. The molecule has 0 spiro atoms. The number of nitrogens with one attached hydrogen (secondary N) is 1. The highest BCUT2D eigenvalue weighted by atomic mass is 32.2. The van der Waals surface area contributed by atoms with Crippen LogP contribution in [0.25, 0.3) is 0 Å². The lowest BCUT2D eigenvalue weighted by molar-refractivity contribution is -0.126. The molecule has 0 atom stereocenters. The quantitative estimate of drug-likeness (QED) is 0.721. The Morgan fingerprint density at radius 1 is 1.13 bits per heavy atom. The second kappa shape index (κ2) is 9.53. The molecule has 1 N–H and O–H groups in total. The van der Waals surface area contributed by atoms with E-state index in [0.717, 1.165) is 27.8 Å². The number of halogens is 2. The zero-order chi connectivity index (χ0) is 21.7. The van der Waals surface area contributed by atoms with Crippen LogP contribution in [0, 0.1) is 17.6 Å². The van der Waals surface area contributed by atoms with Gasteiger partial charge in [0.1, 0.15) is 22.3 Å². The van der Waals surface area contributed by atoms with Crippen molar-refractivity contribution in [1.82, 2.24) is 9.62 Å². The molecule has 2 aromatic rings. The second-order valence-electron chi connectivity index (χ2n) is 7.14. The van der Waals surface area contributed by atoms with Gasteiger partial charge in [0.25, 0.3) is 0 Å². The van der Waals surface area contributed by atoms with Crippen LogP contribution in [0.15, 0.2) is 47.4 Å². The number of methoxy groups -OCH3 is 1. The van der Waals surface area contributed by atoms with Crippen molar-refractivity contribution in [3.8, 4) is 5.75 Å². The van der Waals surface area contributed by atoms with E-state index in [2.05, 4.69) is 5.32 Å². The first-order valence-corrected chi connectivity index (χ1v) is 11.1. The minimum Gasteiger partial charge on any atom is -0.497 e. The minimum absolute atomic E-state index is 0.0782. The van der Waals surface area contributed by atoms with E-state index in [9.17, 15) is 22.0 Å². The maximum Gasteiger partial charge on any atom is 0.246 e. The number of rotatable bonds is 7. The Hall–Kier alpha value is -2.52. The topological polar surface area (TPSA) is 75.7 Å². The smallest absolute Gasteiger partial charge is 0.246 e. The van der Waals surface area contributed by atoms with Crippen molar-refractivity contribution < 1.29 is 26.7 Å². The van der Waals surface area contributed by atoms with Crippen molar-refractivity contribution in [3.05, 3.63) is 59.7 Å². The van der Waals surface area contributed by atoms with Crippen LogP contribution < -0.4 is 10.1 Å². The Morgan fingerprint density at radius 2 is 1.80 bits per heavy atom. The van der Waals surface area contributed by atoms with Gasteiger partial charge in [0.05, 0.1) is 7.11 Å². The van der Waals surface area contributed by atoms with Gasteiger partial charge in [-0.1, -0.05) is 12.1 Å². The minimum atomic E-state index is -4.15. The van der Waals surface area contributed by atoms with E-state index in [1.54, 1.807) is 7.11 Å². The number of ether oxygens (including phenoxy) is 1. The zero-order valence-electron chi connectivity index (χ0n) is 16.6. The Bertz CT molecular complexity index is 989. The molecule has 30 heavy (non-hydrogen) atoms. The lowest BCUT2D eigenvalue weighted by Crippen LogP contribution is -2.43. The van der Waals surface area contributed by atoms with Crippen LogP contribution in [0.2, 0.25) is 0 Å². The Labute approximate surface area is 174 Å². The molecule has 0 aliphatic carbocycles. The molecule has 1 amide bonds. The molecule has 0 bridgehead atoms. The van der Waals surface area contributed by atoms with Gasteiger partial charge in [-0.3, -0.25) is 4.79 Å². The normalized spacial score (nSPS) is 15.7. The fourth-order valence-corrected chi connectivity index (χ4v) is 4.98. The summed E-state index contributed by atoms with van der Waals surface area (Å²) in [4.78, 5) is 11.7. The Balaban J connectivity index is 1.50. The van der Waals surface area contributed by atoms with Crippen molar-refractivity contribution in [2.24, 2.45) is 5.92 Å². The van der Waals surface area contributed by atoms with Crippen molar-refractivity contribution in [2.75, 3.05) is 26.7 Å². The van der Waals surface area contributed by atoms with Crippen molar-refractivity contribution in [1.29, 1.82) is 0 Å². The molecule has 0 aromatic heterocycles. The van der Waals surface area contributed by atoms with Gasteiger partial charge in [-0.25, -0.2) is 17.2 Å². The first kappa shape index (κ1) is 22.2. The van der Waals surface area contributed by atoms with Gasteiger partial charge in [-0.2, -0.15) is 4.31 Å². The molecule has 1 saturated heterocycles. The van der Waals surface area contributed by atoms with E-state index in [1.165, 1.54) is 0 Å². The Morgan fingerprint density at radius 3 is 2.43 bits per heavy atom. The maximum absolute atomic E-state index is 13.9. The molecular formula is C21H24F2N2O4S. The van der Waals surface area contributed by atoms with Crippen LogP contribution in [0.1, 0.15) is 18.4 Å². The summed E-state index contributed by atoms with van der Waals surface area (Å²) in [6.45, 7) is 0.627. The van der Waals surface area contributed by atoms with Crippen LogP contribution >= 0.6 is 0 Å². The van der Waals surface area contributed by atoms with E-state index >= 15 is 0 Å². The van der Waals surface area contributed by atoms with Gasteiger partial charge in [-0.15, -0.1) is 0 Å². The van der Waals surface area contributed by atoms with E-state index in [0.29, 0.717) is 31.9 Å². The molecule has 0 unspecified atom stereocenters. The molecule has 1 fully saturated rings. The third-order valence-corrected chi connectivity index (χ3v) is 7.12. The highest BCUT2D eigenvalue weighted by Crippen LogP contribution is 2.26. The van der Waals surface area contributed by atoms with Gasteiger partial charge in [0.2, 0.25) is 15.9 Å². The first-order chi connectivity index (χ1) is 14.3. The molecule has 0 saturated carbocycles. The fourth-order valence-electron chi connectivity index (χ4n) is 3.44. The summed E-state index contributed by atoms with van der Waals surface area (Å²) in [5.74, 6) is -1.49. The van der Waals surface area contributed by atoms with Crippen molar-refractivity contribution in [3.63, 3.8) is 0 Å². The van der Waals surface area contributed by atoms with Gasteiger partial charge < -0.3 is 10.1 Å². The number of hydrogen-bond acceptors (Lipinski definition) is 4. The van der Waals surface area contributed by atoms with Gasteiger partial charge in [0, 0.05) is 25.6 Å². The molecule has 1 heterocycles. The van der Waals surface area contributed by atoms with Gasteiger partial charge in [0.15, 0.2) is 0 Å². The second-order valence-corrected chi connectivity index (χ2v) is 9.05. The molecule has 1 aliphatic heterocycles. The number of hydrogen-bond donors (Lipinski definition) is 1. The van der Waals surface area contributed by atoms with Crippen LogP contribution in [-0.2, 0) is 21.2 Å². The summed E-state index contributed by atoms with van der Waals surface area (Å²) in [6.07, 6.45) is 1.32. The van der Waals surface area contributed by atoms with Crippen molar-refractivity contribution in [2.45, 2.75) is 24.2 Å². The molecule has 2 aromatic carbocycles. The summed E-state index contributed by atoms with van der Waals surface area (Å²) in [7, 11) is -2.55. The largest absolute Gasteiger partial charge is 0.497 e. The molecule has 1 aliphatic rings. The summed E-state index contributed by atoms with van der Waals surface area (Å²) >= 11 is 0. The number of benzene rings is 2. The molecule has 3 rings (SSSR count). The summed E-state index contributed by atoms with van der Waals surface area (Å²) in [5.41, 5.74) is 1.06. The standard InChI is InChI=1S/C21H24F2N2O4S/c1-29-18-5-2-15(3-6-18)8-11-24-21(26)16-9-12-25(13-10-16)30(27,28)20-14-17(22)4-7-19(20)23/h2-7,14,16H,8-13H2,1H3,(H,24,26). The lowest BCUT2D eigenvalue weighted by atomic mass is 9.97. The van der Waals surface area contributed by atoms with Gasteiger partial charge in [-0.05, 0) is 55.2 Å². The van der Waals surface area contributed by atoms with E-state index < -0.39 is 26.6 Å². The number of piperidine rings is 1. The highest BCUT2D eigenvalue weighted by Gasteiger charge is 2.33. The maximum atomic E-state index is 13.9. The monoisotopic (exact) mass is 438 g/mol. The Kier molecular flexibility index (Phi) is 7.04. The van der Waals surface area contributed by atoms with Gasteiger partial charge >= 0.3 is 0 Å². The van der Waals surface area contributed by atoms with E-state index in [1.807, 2.05) is 24.3 Å². The molecular weight excluding hydrogens is 414 g/mol. The van der Waals surface area contributed by atoms with Crippen LogP contribution in [0.5, 0.6) is 5.75 Å². The van der Waals surface area contributed by atoms with Crippen molar-refractivity contribution >= 4 is 15.9 Å². The van der Waals surface area contributed by atoms with Crippen LogP contribution in [0.3, 0.4) is 0 Å². The number of nitrogens with zero attached hydrogens (tertiary/aromatic N) is 1. The number of carbonyl (C=O) groups is 1. The summed E-state index contributed by atoms with van der Waals surface area (Å²) in [6, 6.07) is 9.92. The highest BCUT2D eigenvalue weighted by molar-refractivity contribution is 7.89. The summed E-state index contributed by atoms with van der Waals surface area (Å²) < 4.78 is 58.7. The lowest BCUT2D eigenvalue weighted by Gasteiger charge is -2.30. The van der Waals surface area contributed by atoms with E-state index in [4.69, 9.17) is 4.74 Å². The SMILES string of the molecule is COc1ccc(CCNC(=O)C2CCN(S(=O)(=O)c3cc(F)ccc3F)CC2)cc1. The molecule has 6 nitrogen and oxygen atoms in total. The first-order valence-electron chi connectivity index (χ1n) is 9.67.